The molecule has 94 valence electrons. The Morgan fingerprint density at radius 3 is 2.47 bits per heavy atom. The molecule has 0 amide bonds. The van der Waals surface area contributed by atoms with Gasteiger partial charge >= 0.3 is 0 Å². The van der Waals surface area contributed by atoms with Gasteiger partial charge in [0.05, 0.1) is 0 Å². The van der Waals surface area contributed by atoms with Crippen LogP contribution in [-0.4, -0.2) is 4.57 Å². The minimum Gasteiger partial charge on any atom is -0.404 e. The van der Waals surface area contributed by atoms with Crippen molar-refractivity contribution in [2.75, 3.05) is 0 Å². The van der Waals surface area contributed by atoms with Crippen molar-refractivity contribution < 1.29 is 0 Å². The number of nitrogens with zero attached hydrogens (tertiary/aromatic N) is 1. The van der Waals surface area contributed by atoms with Crippen LogP contribution >= 0.6 is 0 Å². The SMILES string of the molecule is N/C=C(/Cn1ccc2ccccc21)c1ccccc1. The number of hydrogen-bond donors (Lipinski definition) is 1. The van der Waals surface area contributed by atoms with Crippen LogP contribution in [0.3, 0.4) is 0 Å². The highest BCUT2D eigenvalue weighted by Crippen LogP contribution is 2.20. The van der Waals surface area contributed by atoms with Crippen molar-refractivity contribution in [1.82, 2.24) is 4.57 Å². The standard InChI is InChI=1S/C17H16N2/c18-12-16(14-6-2-1-3-7-14)13-19-11-10-15-8-4-5-9-17(15)19/h1-12H,13,18H2/b16-12-. The Kier molecular flexibility index (Phi) is 3.07. The molecule has 1 heterocycles. The maximum absolute atomic E-state index is 5.79. The highest BCUT2D eigenvalue weighted by atomic mass is 15.0. The maximum atomic E-state index is 5.79. The van der Waals surface area contributed by atoms with Crippen molar-refractivity contribution in [2.24, 2.45) is 5.73 Å². The molecule has 2 aromatic carbocycles. The predicted octanol–water partition coefficient (Wildman–Crippen LogP) is 3.64. The van der Waals surface area contributed by atoms with Crippen LogP contribution in [0.5, 0.6) is 0 Å². The first kappa shape index (κ1) is 11.6. The average Bonchev–Trinajstić information content (AvgIpc) is 2.89. The molecule has 1 aromatic heterocycles. The number of allylic oxidation sites excluding steroid dienone is 1. The van der Waals surface area contributed by atoms with Crippen LogP contribution in [0, 0.1) is 0 Å². The molecule has 0 aliphatic carbocycles. The quantitative estimate of drug-likeness (QED) is 0.753. The topological polar surface area (TPSA) is 30.9 Å². The lowest BCUT2D eigenvalue weighted by molar-refractivity contribution is 0.877. The molecule has 3 rings (SSSR count). The van der Waals surface area contributed by atoms with Crippen molar-refractivity contribution in [1.29, 1.82) is 0 Å². The van der Waals surface area contributed by atoms with Gasteiger partial charge in [0, 0.05) is 18.3 Å². The smallest absolute Gasteiger partial charge is 0.0496 e. The third kappa shape index (κ3) is 2.25. The Labute approximate surface area is 112 Å². The molecule has 0 saturated carbocycles. The van der Waals surface area contributed by atoms with E-state index in [4.69, 9.17) is 5.73 Å². The van der Waals surface area contributed by atoms with Gasteiger partial charge in [0.1, 0.15) is 0 Å². The monoisotopic (exact) mass is 248 g/mol. The molecule has 0 fully saturated rings. The Morgan fingerprint density at radius 2 is 1.68 bits per heavy atom. The minimum atomic E-state index is 0.786. The normalized spacial score (nSPS) is 11.9. The second kappa shape index (κ2) is 5.02. The summed E-state index contributed by atoms with van der Waals surface area (Å²) in [7, 11) is 0. The summed E-state index contributed by atoms with van der Waals surface area (Å²) in [5.74, 6) is 0. The molecule has 0 bridgehead atoms. The van der Waals surface area contributed by atoms with E-state index in [1.165, 1.54) is 16.5 Å². The van der Waals surface area contributed by atoms with Gasteiger partial charge < -0.3 is 10.3 Å². The van der Waals surface area contributed by atoms with Crippen molar-refractivity contribution in [3.05, 3.63) is 78.6 Å². The van der Waals surface area contributed by atoms with Gasteiger partial charge in [0.2, 0.25) is 0 Å². The highest BCUT2D eigenvalue weighted by Gasteiger charge is 2.04. The number of benzene rings is 2. The van der Waals surface area contributed by atoms with E-state index in [2.05, 4.69) is 53.2 Å². The molecule has 0 spiro atoms. The van der Waals surface area contributed by atoms with Crippen molar-refractivity contribution in [3.8, 4) is 0 Å². The number of nitrogens with two attached hydrogens (primary N) is 1. The fourth-order valence-corrected chi connectivity index (χ4v) is 2.35. The van der Waals surface area contributed by atoms with Gasteiger partial charge in [0.25, 0.3) is 0 Å². The van der Waals surface area contributed by atoms with Crippen LogP contribution in [0.2, 0.25) is 0 Å². The molecule has 3 aromatic rings. The summed E-state index contributed by atoms with van der Waals surface area (Å²) in [4.78, 5) is 0. The number of aromatic nitrogens is 1. The summed E-state index contributed by atoms with van der Waals surface area (Å²) in [6.07, 6.45) is 3.81. The molecule has 2 heteroatoms. The summed E-state index contributed by atoms with van der Waals surface area (Å²) >= 11 is 0. The van der Waals surface area contributed by atoms with Gasteiger partial charge in [-0.15, -0.1) is 0 Å². The van der Waals surface area contributed by atoms with E-state index in [0.717, 1.165) is 12.1 Å². The van der Waals surface area contributed by atoms with Gasteiger partial charge in [-0.2, -0.15) is 0 Å². The van der Waals surface area contributed by atoms with E-state index in [1.807, 2.05) is 18.2 Å². The van der Waals surface area contributed by atoms with Crippen LogP contribution in [0.25, 0.3) is 16.5 Å². The fourth-order valence-electron chi connectivity index (χ4n) is 2.35. The van der Waals surface area contributed by atoms with Crippen LogP contribution < -0.4 is 5.73 Å². The second-order valence-electron chi connectivity index (χ2n) is 4.56. The number of hydrogen-bond acceptors (Lipinski definition) is 1. The van der Waals surface area contributed by atoms with Crippen LogP contribution in [-0.2, 0) is 6.54 Å². The number of fused-ring (bicyclic) bond motifs is 1. The van der Waals surface area contributed by atoms with Gasteiger partial charge in [-0.05, 0) is 34.9 Å². The van der Waals surface area contributed by atoms with E-state index in [0.29, 0.717) is 0 Å². The predicted molar refractivity (Wildman–Crippen MR) is 80.5 cm³/mol. The fraction of sp³-hybridized carbons (Fsp3) is 0.0588. The Morgan fingerprint density at radius 1 is 0.947 bits per heavy atom. The lowest BCUT2D eigenvalue weighted by Gasteiger charge is -2.10. The third-order valence-electron chi connectivity index (χ3n) is 3.37. The van der Waals surface area contributed by atoms with Crippen molar-refractivity contribution in [3.63, 3.8) is 0 Å². The molecular formula is C17H16N2. The van der Waals surface area contributed by atoms with Gasteiger partial charge in [-0.3, -0.25) is 0 Å². The zero-order valence-corrected chi connectivity index (χ0v) is 10.7. The number of para-hydroxylation sites is 1. The number of rotatable bonds is 3. The molecular weight excluding hydrogens is 232 g/mol. The van der Waals surface area contributed by atoms with Crippen LogP contribution in [0.1, 0.15) is 5.56 Å². The lowest BCUT2D eigenvalue weighted by Crippen LogP contribution is -2.01. The molecule has 2 nitrogen and oxygen atoms in total. The summed E-state index contributed by atoms with van der Waals surface area (Å²) in [5.41, 5.74) is 9.32. The first-order chi connectivity index (χ1) is 9.38. The third-order valence-corrected chi connectivity index (χ3v) is 3.37. The zero-order chi connectivity index (χ0) is 13.1. The maximum Gasteiger partial charge on any atom is 0.0496 e. The van der Waals surface area contributed by atoms with Crippen molar-refractivity contribution in [2.45, 2.75) is 6.54 Å². The van der Waals surface area contributed by atoms with Crippen molar-refractivity contribution >= 4 is 16.5 Å². The molecule has 0 unspecified atom stereocenters. The lowest BCUT2D eigenvalue weighted by atomic mass is 10.1. The molecule has 0 aliphatic heterocycles. The summed E-state index contributed by atoms with van der Waals surface area (Å²) in [5, 5.41) is 1.26. The van der Waals surface area contributed by atoms with E-state index in [9.17, 15) is 0 Å². The highest BCUT2D eigenvalue weighted by molar-refractivity contribution is 5.80. The van der Waals surface area contributed by atoms with E-state index in [-0.39, 0.29) is 0 Å². The Balaban J connectivity index is 1.96. The zero-order valence-electron chi connectivity index (χ0n) is 10.7. The molecule has 0 atom stereocenters. The largest absolute Gasteiger partial charge is 0.404 e. The Bertz CT molecular complexity index is 708. The van der Waals surface area contributed by atoms with Gasteiger partial charge in [0.15, 0.2) is 0 Å². The molecule has 0 radical (unpaired) electrons. The first-order valence-electron chi connectivity index (χ1n) is 6.38. The van der Waals surface area contributed by atoms with E-state index in [1.54, 1.807) is 6.20 Å². The summed E-state index contributed by atoms with van der Waals surface area (Å²) in [6, 6.07) is 20.8. The average molecular weight is 248 g/mol. The van der Waals surface area contributed by atoms with Crippen LogP contribution in [0.4, 0.5) is 0 Å². The molecule has 0 aliphatic rings. The van der Waals surface area contributed by atoms with Gasteiger partial charge in [-0.25, -0.2) is 0 Å². The molecule has 0 saturated heterocycles. The second-order valence-corrected chi connectivity index (χ2v) is 4.56. The van der Waals surface area contributed by atoms with Crippen LogP contribution in [0.15, 0.2) is 73.1 Å². The first-order valence-corrected chi connectivity index (χ1v) is 6.38. The van der Waals surface area contributed by atoms with Gasteiger partial charge in [-0.1, -0.05) is 48.5 Å². The molecule has 2 N–H and O–H groups in total. The van der Waals surface area contributed by atoms with E-state index < -0.39 is 0 Å². The van der Waals surface area contributed by atoms with E-state index >= 15 is 0 Å². The minimum absolute atomic E-state index is 0.786. The Hall–Kier alpha value is -2.48. The summed E-state index contributed by atoms with van der Waals surface area (Å²) < 4.78 is 2.22. The summed E-state index contributed by atoms with van der Waals surface area (Å²) in [6.45, 7) is 0.786. The molecule has 19 heavy (non-hydrogen) atoms.